The maximum atomic E-state index is 6.03. The molecule has 2 N–H and O–H groups in total. The van der Waals surface area contributed by atoms with Crippen LogP contribution in [0.4, 0.5) is 0 Å². The molecule has 2 atom stereocenters. The summed E-state index contributed by atoms with van der Waals surface area (Å²) in [5.41, 5.74) is 6.91. The lowest BCUT2D eigenvalue weighted by molar-refractivity contribution is 0.204. The number of rotatable bonds is 1. The lowest BCUT2D eigenvalue weighted by Gasteiger charge is -2.28. The molecule has 0 saturated heterocycles. The van der Waals surface area contributed by atoms with Crippen LogP contribution in [0.15, 0.2) is 12.1 Å². The summed E-state index contributed by atoms with van der Waals surface area (Å²) in [4.78, 5) is 0. The summed E-state index contributed by atoms with van der Waals surface area (Å²) in [5, 5.41) is 1.23. The molecule has 0 aliphatic carbocycles. The van der Waals surface area contributed by atoms with Crippen molar-refractivity contribution in [1.82, 2.24) is 0 Å². The second kappa shape index (κ2) is 4.20. The Labute approximate surface area is 99.3 Å². The van der Waals surface area contributed by atoms with E-state index in [1.807, 2.05) is 13.0 Å². The average Bonchev–Trinajstić information content (AvgIpc) is 2.16. The van der Waals surface area contributed by atoms with E-state index in [2.05, 4.69) is 0 Å². The van der Waals surface area contributed by atoms with Crippen LogP contribution in [0.5, 0.6) is 5.75 Å². The van der Waals surface area contributed by atoms with Crippen LogP contribution in [0.1, 0.15) is 12.5 Å². The Hall–Kier alpha value is -0.440. The van der Waals surface area contributed by atoms with Crippen LogP contribution in [-0.4, -0.2) is 12.6 Å². The van der Waals surface area contributed by atoms with Crippen molar-refractivity contribution in [2.45, 2.75) is 19.4 Å². The Kier molecular flexibility index (Phi) is 3.10. The highest BCUT2D eigenvalue weighted by atomic mass is 35.5. The third-order valence-corrected chi connectivity index (χ3v) is 3.25. The van der Waals surface area contributed by atoms with Gasteiger partial charge in [0.2, 0.25) is 0 Å². The lowest BCUT2D eigenvalue weighted by atomic mass is 9.92. The fourth-order valence-electron chi connectivity index (χ4n) is 1.80. The van der Waals surface area contributed by atoms with Crippen molar-refractivity contribution in [3.05, 3.63) is 27.7 Å². The number of benzene rings is 1. The number of halogens is 2. The van der Waals surface area contributed by atoms with Crippen LogP contribution in [-0.2, 0) is 6.42 Å². The summed E-state index contributed by atoms with van der Waals surface area (Å²) in [6.45, 7) is 2.62. The first-order valence-corrected chi connectivity index (χ1v) is 5.70. The van der Waals surface area contributed by atoms with Crippen molar-refractivity contribution >= 4 is 23.2 Å². The van der Waals surface area contributed by atoms with Crippen molar-refractivity contribution in [3.8, 4) is 5.75 Å². The molecule has 1 heterocycles. The molecule has 1 aromatic carbocycles. The SMILES string of the molecule is CC(N)C1COc2c(Cl)cc(Cl)cc2C1. The van der Waals surface area contributed by atoms with Crippen LogP contribution in [0.25, 0.3) is 0 Å². The van der Waals surface area contributed by atoms with Gasteiger partial charge in [-0.05, 0) is 31.0 Å². The first-order chi connectivity index (χ1) is 7.08. The van der Waals surface area contributed by atoms with Gasteiger partial charge in [0, 0.05) is 17.0 Å². The molecule has 1 aliphatic heterocycles. The van der Waals surface area contributed by atoms with Crippen LogP contribution in [0.2, 0.25) is 10.0 Å². The zero-order chi connectivity index (χ0) is 11.0. The third-order valence-electron chi connectivity index (χ3n) is 2.75. The maximum absolute atomic E-state index is 6.03. The summed E-state index contributed by atoms with van der Waals surface area (Å²) >= 11 is 12.0. The Morgan fingerprint density at radius 1 is 1.47 bits per heavy atom. The molecule has 0 fully saturated rings. The van der Waals surface area contributed by atoms with E-state index in [9.17, 15) is 0 Å². The van der Waals surface area contributed by atoms with Crippen molar-refractivity contribution in [3.63, 3.8) is 0 Å². The van der Waals surface area contributed by atoms with Crippen LogP contribution >= 0.6 is 23.2 Å². The molecule has 2 rings (SSSR count). The van der Waals surface area contributed by atoms with Crippen molar-refractivity contribution in [1.29, 1.82) is 0 Å². The van der Waals surface area contributed by atoms with E-state index >= 15 is 0 Å². The van der Waals surface area contributed by atoms with E-state index in [0.29, 0.717) is 22.6 Å². The predicted octanol–water partition coefficient (Wildman–Crippen LogP) is 2.89. The van der Waals surface area contributed by atoms with Gasteiger partial charge in [-0.15, -0.1) is 0 Å². The molecule has 0 saturated carbocycles. The monoisotopic (exact) mass is 245 g/mol. The van der Waals surface area contributed by atoms with E-state index in [1.54, 1.807) is 6.07 Å². The first kappa shape index (κ1) is 11.1. The third kappa shape index (κ3) is 2.22. The zero-order valence-electron chi connectivity index (χ0n) is 8.47. The van der Waals surface area contributed by atoms with Gasteiger partial charge < -0.3 is 10.5 Å². The minimum Gasteiger partial charge on any atom is -0.491 e. The van der Waals surface area contributed by atoms with Crippen LogP contribution in [0, 0.1) is 5.92 Å². The topological polar surface area (TPSA) is 35.2 Å². The molecule has 4 heteroatoms. The second-order valence-electron chi connectivity index (χ2n) is 4.01. The Morgan fingerprint density at radius 2 is 2.20 bits per heavy atom. The van der Waals surface area contributed by atoms with Gasteiger partial charge in [-0.1, -0.05) is 23.2 Å². The van der Waals surface area contributed by atoms with Gasteiger partial charge in [0.05, 0.1) is 11.6 Å². The van der Waals surface area contributed by atoms with Gasteiger partial charge in [-0.25, -0.2) is 0 Å². The van der Waals surface area contributed by atoms with Crippen molar-refractivity contribution in [2.24, 2.45) is 11.7 Å². The largest absolute Gasteiger partial charge is 0.491 e. The smallest absolute Gasteiger partial charge is 0.141 e. The fraction of sp³-hybridized carbons (Fsp3) is 0.455. The highest BCUT2D eigenvalue weighted by Crippen LogP contribution is 2.37. The molecular formula is C11H13Cl2NO. The molecule has 1 aliphatic rings. The van der Waals surface area contributed by atoms with Crippen molar-refractivity contribution in [2.75, 3.05) is 6.61 Å². The lowest BCUT2D eigenvalue weighted by Crippen LogP contribution is -2.35. The van der Waals surface area contributed by atoms with Gasteiger partial charge in [0.25, 0.3) is 0 Å². The fourth-order valence-corrected chi connectivity index (χ4v) is 2.39. The minimum absolute atomic E-state index is 0.121. The highest BCUT2D eigenvalue weighted by Gasteiger charge is 2.24. The molecule has 0 radical (unpaired) electrons. The second-order valence-corrected chi connectivity index (χ2v) is 4.85. The van der Waals surface area contributed by atoms with E-state index in [1.165, 1.54) is 0 Å². The average molecular weight is 246 g/mol. The Balaban J connectivity index is 2.33. The van der Waals surface area contributed by atoms with Gasteiger partial charge in [-0.3, -0.25) is 0 Å². The van der Waals surface area contributed by atoms with Gasteiger partial charge in [-0.2, -0.15) is 0 Å². The Bertz CT molecular complexity index is 379. The van der Waals surface area contributed by atoms with Crippen molar-refractivity contribution < 1.29 is 4.74 Å². The molecule has 15 heavy (non-hydrogen) atoms. The molecule has 0 spiro atoms. The summed E-state index contributed by atoms with van der Waals surface area (Å²) in [5.74, 6) is 1.10. The Morgan fingerprint density at radius 3 is 2.87 bits per heavy atom. The summed E-state index contributed by atoms with van der Waals surface area (Å²) in [6, 6.07) is 3.72. The summed E-state index contributed by atoms with van der Waals surface area (Å²) in [7, 11) is 0. The molecule has 1 aromatic rings. The number of nitrogens with two attached hydrogens (primary N) is 1. The molecule has 82 valence electrons. The summed E-state index contributed by atoms with van der Waals surface area (Å²) < 4.78 is 5.61. The van der Waals surface area contributed by atoms with E-state index < -0.39 is 0 Å². The van der Waals surface area contributed by atoms with Gasteiger partial charge in [0.15, 0.2) is 0 Å². The molecule has 0 bridgehead atoms. The van der Waals surface area contributed by atoms with E-state index in [4.69, 9.17) is 33.7 Å². The molecule has 2 unspecified atom stereocenters. The number of hydrogen-bond acceptors (Lipinski definition) is 2. The molecular weight excluding hydrogens is 233 g/mol. The number of hydrogen-bond donors (Lipinski definition) is 1. The quantitative estimate of drug-likeness (QED) is 0.826. The predicted molar refractivity (Wildman–Crippen MR) is 62.8 cm³/mol. The number of fused-ring (bicyclic) bond motifs is 1. The number of ether oxygens (including phenoxy) is 1. The van der Waals surface area contributed by atoms with Gasteiger partial charge in [0.1, 0.15) is 5.75 Å². The minimum atomic E-state index is 0.121. The normalized spacial score (nSPS) is 21.7. The zero-order valence-corrected chi connectivity index (χ0v) is 9.98. The molecule has 0 amide bonds. The van der Waals surface area contributed by atoms with E-state index in [0.717, 1.165) is 17.7 Å². The molecule has 0 aromatic heterocycles. The van der Waals surface area contributed by atoms with E-state index in [-0.39, 0.29) is 6.04 Å². The highest BCUT2D eigenvalue weighted by molar-refractivity contribution is 6.35. The van der Waals surface area contributed by atoms with Crippen LogP contribution < -0.4 is 10.5 Å². The maximum Gasteiger partial charge on any atom is 0.141 e. The first-order valence-electron chi connectivity index (χ1n) is 4.94. The van der Waals surface area contributed by atoms with Crippen LogP contribution in [0.3, 0.4) is 0 Å². The van der Waals surface area contributed by atoms with Gasteiger partial charge >= 0.3 is 0 Å². The molecule has 2 nitrogen and oxygen atoms in total. The standard InChI is InChI=1S/C11H13Cl2NO/c1-6(14)8-2-7-3-9(12)4-10(13)11(7)15-5-8/h3-4,6,8H,2,5,14H2,1H3. The summed E-state index contributed by atoms with van der Waals surface area (Å²) in [6.07, 6.45) is 0.882.